The van der Waals surface area contributed by atoms with E-state index < -0.39 is 63.2 Å². The van der Waals surface area contributed by atoms with Gasteiger partial charge in [0.1, 0.15) is 24.0 Å². The van der Waals surface area contributed by atoms with E-state index in [1.807, 2.05) is 0 Å². The first-order chi connectivity index (χ1) is 20.4. The predicted octanol–water partition coefficient (Wildman–Crippen LogP) is 2.08. The smallest absolute Gasteiger partial charge is 0.459 e. The molecule has 3 aromatic rings. The highest BCUT2D eigenvalue weighted by atomic mass is 31.2. The van der Waals surface area contributed by atoms with Gasteiger partial charge < -0.3 is 35.3 Å². The number of halogens is 1. The van der Waals surface area contributed by atoms with Crippen molar-refractivity contribution in [2.24, 2.45) is 0 Å². The third-order valence-electron chi connectivity index (χ3n) is 6.84. The molecule has 15 nitrogen and oxygen atoms in total. The zero-order valence-electron chi connectivity index (χ0n) is 23.8. The van der Waals surface area contributed by atoms with Crippen LogP contribution < -0.4 is 20.7 Å². The minimum Gasteiger partial charge on any atom is -0.462 e. The molecule has 43 heavy (non-hydrogen) atoms. The minimum atomic E-state index is -4.36. The van der Waals surface area contributed by atoms with Gasteiger partial charge in [0.2, 0.25) is 11.6 Å². The average molecular weight is 624 g/mol. The van der Waals surface area contributed by atoms with Crippen LogP contribution in [0.4, 0.5) is 16.2 Å². The summed E-state index contributed by atoms with van der Waals surface area (Å²) in [5, 5.41) is 26.8. The number of imidazole rings is 1. The zero-order chi connectivity index (χ0) is 30.9. The number of para-hydroxylation sites is 1. The number of aliphatic hydroxyl groups is 2. The molecule has 5 rings (SSSR count). The second kappa shape index (κ2) is 12.3. The Labute approximate surface area is 246 Å². The van der Waals surface area contributed by atoms with Gasteiger partial charge in [-0.05, 0) is 45.7 Å². The number of anilines is 2. The molecule has 1 saturated carbocycles. The monoisotopic (exact) mass is 623 g/mol. The fourth-order valence-electron chi connectivity index (χ4n) is 4.54. The number of nitrogens with zero attached hydrogens (tertiary/aromatic N) is 4. The van der Waals surface area contributed by atoms with Crippen LogP contribution in [0.25, 0.3) is 11.2 Å². The number of ether oxygens (including phenoxy) is 2. The molecule has 1 aliphatic heterocycles. The molecule has 2 fully saturated rings. The Bertz CT molecular complexity index is 1490. The van der Waals surface area contributed by atoms with Crippen LogP contribution in [0.15, 0.2) is 36.7 Å². The topological polar surface area (TPSA) is 205 Å². The number of nitrogen functional groups attached to an aromatic ring is 1. The van der Waals surface area contributed by atoms with Crippen molar-refractivity contribution >= 4 is 36.6 Å². The number of alkyl halides is 1. The molecule has 1 aliphatic carbocycles. The van der Waals surface area contributed by atoms with Crippen molar-refractivity contribution in [1.82, 2.24) is 24.6 Å². The van der Waals surface area contributed by atoms with Crippen molar-refractivity contribution in [1.29, 1.82) is 0 Å². The molecule has 2 aromatic heterocycles. The number of hydrogen-bond acceptors (Lipinski definition) is 13. The molecule has 2 aliphatic rings. The first-order valence-electron chi connectivity index (χ1n) is 13.8. The van der Waals surface area contributed by atoms with Crippen LogP contribution in [0.3, 0.4) is 0 Å². The second-order valence-electron chi connectivity index (χ2n) is 10.8. The summed E-state index contributed by atoms with van der Waals surface area (Å²) in [7, 11) is -4.36. The van der Waals surface area contributed by atoms with Crippen molar-refractivity contribution in [2.45, 2.75) is 75.9 Å². The fourth-order valence-corrected chi connectivity index (χ4v) is 6.04. The first kappa shape index (κ1) is 31.0. The number of esters is 1. The SMILES string of the molecule is CC(C)OC(=O)[C@H](C)NP(=O)(OC[C@H]1O[C@@H](n2cnc3c(NC4CC4)nc(N)nc32)[C@@](F)(CO)[C@@H]1O)Oc1ccccc1. The number of aliphatic hydroxyl groups excluding tert-OH is 2. The minimum absolute atomic E-state index is 0.0977. The lowest BCUT2D eigenvalue weighted by Gasteiger charge is -2.27. The Balaban J connectivity index is 1.38. The van der Waals surface area contributed by atoms with Gasteiger partial charge in [-0.2, -0.15) is 15.1 Å². The molecule has 234 valence electrons. The molecule has 1 aromatic carbocycles. The summed E-state index contributed by atoms with van der Waals surface area (Å²) in [4.78, 5) is 25.1. The van der Waals surface area contributed by atoms with Crippen molar-refractivity contribution in [3.63, 3.8) is 0 Å². The number of nitrogens with one attached hydrogen (secondary N) is 2. The summed E-state index contributed by atoms with van der Waals surface area (Å²) in [5.41, 5.74) is 3.57. The normalized spacial score (nSPS) is 25.9. The number of carbonyl (C=O) groups is 1. The Morgan fingerprint density at radius 2 is 2.00 bits per heavy atom. The van der Waals surface area contributed by atoms with E-state index in [0.29, 0.717) is 11.3 Å². The first-order valence-corrected chi connectivity index (χ1v) is 15.3. The summed E-state index contributed by atoms with van der Waals surface area (Å²) < 4.78 is 53.5. The molecule has 0 amide bonds. The number of rotatable bonds is 13. The van der Waals surface area contributed by atoms with Gasteiger partial charge in [-0.25, -0.2) is 13.9 Å². The second-order valence-corrected chi connectivity index (χ2v) is 12.5. The van der Waals surface area contributed by atoms with Gasteiger partial charge in [-0.1, -0.05) is 18.2 Å². The maximum Gasteiger partial charge on any atom is 0.459 e. The summed E-state index contributed by atoms with van der Waals surface area (Å²) >= 11 is 0. The highest BCUT2D eigenvalue weighted by Crippen LogP contribution is 2.48. The number of carbonyl (C=O) groups excluding carboxylic acids is 1. The quantitative estimate of drug-likeness (QED) is 0.137. The van der Waals surface area contributed by atoms with Gasteiger partial charge in [0.25, 0.3) is 0 Å². The molecule has 6 N–H and O–H groups in total. The van der Waals surface area contributed by atoms with Crippen LogP contribution in [-0.2, 0) is 23.4 Å². The number of fused-ring (bicyclic) bond motifs is 1. The Kier molecular flexibility index (Phi) is 8.88. The van der Waals surface area contributed by atoms with E-state index in [1.54, 1.807) is 32.0 Å². The van der Waals surface area contributed by atoms with Crippen molar-refractivity contribution in [3.8, 4) is 5.75 Å². The molecule has 17 heteroatoms. The summed E-state index contributed by atoms with van der Waals surface area (Å²) in [6.45, 7) is 2.93. The van der Waals surface area contributed by atoms with Gasteiger partial charge in [-0.3, -0.25) is 13.9 Å². The van der Waals surface area contributed by atoms with Crippen LogP contribution in [0, 0.1) is 0 Å². The standard InChI is InChI=1S/C26H35FN7O8P/c1-14(2)40-23(37)15(3)33-43(38,42-17-7-5-4-6-8-17)39-11-18-20(36)26(27,12-35)24(41-18)34-13-29-19-21(30-16-9-10-16)31-25(28)32-22(19)34/h4-8,13-16,18,20,24,35-36H,9-12H2,1-3H3,(H,33,38)(H3,28,30,31,32)/t15-,18+,20+,24+,26+,43?/m0/s1. The molecule has 1 unspecified atom stereocenters. The molecule has 1 saturated heterocycles. The molecular formula is C26H35FN7O8P. The van der Waals surface area contributed by atoms with E-state index in [0.717, 1.165) is 12.8 Å². The van der Waals surface area contributed by atoms with E-state index in [-0.39, 0.29) is 23.4 Å². The Morgan fingerprint density at radius 3 is 2.65 bits per heavy atom. The van der Waals surface area contributed by atoms with Crippen molar-refractivity contribution in [2.75, 3.05) is 24.3 Å². The van der Waals surface area contributed by atoms with Gasteiger partial charge in [0.15, 0.2) is 23.2 Å². The Hall–Kier alpha value is -3.40. The highest BCUT2D eigenvalue weighted by Gasteiger charge is 2.59. The number of benzene rings is 1. The van der Waals surface area contributed by atoms with Gasteiger partial charge in [0, 0.05) is 6.04 Å². The van der Waals surface area contributed by atoms with Crippen LogP contribution in [0.2, 0.25) is 0 Å². The van der Waals surface area contributed by atoms with E-state index in [4.69, 9.17) is 24.3 Å². The molecular weight excluding hydrogens is 588 g/mol. The maximum absolute atomic E-state index is 16.3. The molecule has 3 heterocycles. The van der Waals surface area contributed by atoms with Crippen LogP contribution in [0.5, 0.6) is 5.75 Å². The fraction of sp³-hybridized carbons (Fsp3) is 0.538. The van der Waals surface area contributed by atoms with Gasteiger partial charge in [0.05, 0.1) is 25.6 Å². The third-order valence-corrected chi connectivity index (χ3v) is 8.49. The lowest BCUT2D eigenvalue weighted by molar-refractivity contribution is -0.149. The van der Waals surface area contributed by atoms with E-state index in [1.165, 1.54) is 30.0 Å². The van der Waals surface area contributed by atoms with Crippen molar-refractivity contribution < 1.29 is 42.5 Å². The molecule has 0 radical (unpaired) electrons. The molecule has 0 bridgehead atoms. The predicted molar refractivity (Wildman–Crippen MR) is 152 cm³/mol. The zero-order valence-corrected chi connectivity index (χ0v) is 24.7. The summed E-state index contributed by atoms with van der Waals surface area (Å²) in [6, 6.07) is 7.13. The average Bonchev–Trinajstić information content (AvgIpc) is 3.62. The number of aromatic nitrogens is 4. The third kappa shape index (κ3) is 6.74. The highest BCUT2D eigenvalue weighted by molar-refractivity contribution is 7.52. The lowest BCUT2D eigenvalue weighted by atomic mass is 9.97. The molecule has 0 spiro atoms. The maximum atomic E-state index is 16.3. The summed E-state index contributed by atoms with van der Waals surface area (Å²) in [6.07, 6.45) is -2.30. The van der Waals surface area contributed by atoms with Crippen molar-refractivity contribution in [3.05, 3.63) is 36.7 Å². The van der Waals surface area contributed by atoms with Gasteiger partial charge in [-0.15, -0.1) is 0 Å². The van der Waals surface area contributed by atoms with Crippen LogP contribution >= 0.6 is 7.75 Å². The van der Waals surface area contributed by atoms with Crippen LogP contribution in [0.1, 0.15) is 39.8 Å². The van der Waals surface area contributed by atoms with E-state index >= 15 is 4.39 Å². The number of hydrogen-bond donors (Lipinski definition) is 5. The molecule has 6 atom stereocenters. The van der Waals surface area contributed by atoms with Crippen LogP contribution in [-0.4, -0.2) is 85.0 Å². The largest absolute Gasteiger partial charge is 0.462 e. The van der Waals surface area contributed by atoms with Gasteiger partial charge >= 0.3 is 13.7 Å². The van der Waals surface area contributed by atoms with E-state index in [9.17, 15) is 19.6 Å². The lowest BCUT2D eigenvalue weighted by Crippen LogP contribution is -2.46. The summed E-state index contributed by atoms with van der Waals surface area (Å²) in [5.74, 6) is -0.286. The Morgan fingerprint density at radius 1 is 1.28 bits per heavy atom. The number of nitrogens with two attached hydrogens (primary N) is 1. The van der Waals surface area contributed by atoms with E-state index in [2.05, 4.69) is 25.4 Å².